The second-order valence-corrected chi connectivity index (χ2v) is 7.79. The number of carbonyl (C=O) groups excluding carboxylic acids is 2. The number of nitrogens with one attached hydrogen (secondary N) is 1. The van der Waals surface area contributed by atoms with E-state index in [9.17, 15) is 9.59 Å². The van der Waals surface area contributed by atoms with E-state index in [2.05, 4.69) is 28.0 Å². The number of likely N-dealkylation sites (N-methyl/N-ethyl adjacent to an activating group) is 1. The minimum atomic E-state index is -0.616. The maximum atomic E-state index is 12.9. The van der Waals surface area contributed by atoms with Crippen LogP contribution in [0.15, 0.2) is 55.4 Å². The van der Waals surface area contributed by atoms with Gasteiger partial charge in [0.1, 0.15) is 6.04 Å². The van der Waals surface area contributed by atoms with Crippen LogP contribution in [-0.2, 0) is 4.79 Å². The van der Waals surface area contributed by atoms with Gasteiger partial charge in [-0.15, -0.1) is 6.58 Å². The Morgan fingerprint density at radius 1 is 1.39 bits per heavy atom. The van der Waals surface area contributed by atoms with Crippen molar-refractivity contribution in [3.8, 4) is 11.8 Å². The van der Waals surface area contributed by atoms with E-state index in [1.165, 1.54) is 0 Å². The van der Waals surface area contributed by atoms with Crippen molar-refractivity contribution in [1.29, 1.82) is 5.26 Å². The van der Waals surface area contributed by atoms with E-state index >= 15 is 0 Å². The highest BCUT2D eigenvalue weighted by molar-refractivity contribution is 5.97. The zero-order valence-corrected chi connectivity index (χ0v) is 17.8. The number of hydrogen-bond acceptors (Lipinski definition) is 5. The average molecular weight is 421 g/mol. The van der Waals surface area contributed by atoms with Gasteiger partial charge < -0.3 is 15.1 Å². The minimum absolute atomic E-state index is 0.117. The van der Waals surface area contributed by atoms with Crippen molar-refractivity contribution in [2.24, 2.45) is 5.92 Å². The molecule has 1 aromatic carbocycles. The molecule has 162 valence electrons. The lowest BCUT2D eigenvalue weighted by atomic mass is 9.99. The van der Waals surface area contributed by atoms with Gasteiger partial charge in [-0.3, -0.25) is 9.59 Å². The van der Waals surface area contributed by atoms with Crippen molar-refractivity contribution in [3.63, 3.8) is 0 Å². The predicted octanol–water partition coefficient (Wildman–Crippen LogP) is 1.85. The van der Waals surface area contributed by atoms with E-state index in [0.29, 0.717) is 25.1 Å². The minimum Gasteiger partial charge on any atom is -0.340 e. The van der Waals surface area contributed by atoms with E-state index < -0.39 is 6.04 Å². The summed E-state index contributed by atoms with van der Waals surface area (Å²) in [5, 5.41) is 16.1. The summed E-state index contributed by atoms with van der Waals surface area (Å²) in [6, 6.07) is 10.5. The van der Waals surface area contributed by atoms with Gasteiger partial charge in [-0.05, 0) is 56.8 Å². The SMILES string of the molecule is C=CCN(C)CCC[C@H](NC(=O)c1ccc(-n2cccn2)cc1)C(=O)N1CC(C#N)C1. The molecule has 0 aliphatic carbocycles. The van der Waals surface area contributed by atoms with Crippen molar-refractivity contribution in [2.45, 2.75) is 18.9 Å². The Balaban J connectivity index is 1.63. The van der Waals surface area contributed by atoms with Gasteiger partial charge in [-0.2, -0.15) is 10.4 Å². The van der Waals surface area contributed by atoms with Gasteiger partial charge in [0, 0.05) is 37.6 Å². The molecule has 0 bridgehead atoms. The summed E-state index contributed by atoms with van der Waals surface area (Å²) in [5.74, 6) is -0.532. The highest BCUT2D eigenvalue weighted by atomic mass is 16.2. The van der Waals surface area contributed by atoms with E-state index in [4.69, 9.17) is 5.26 Å². The summed E-state index contributed by atoms with van der Waals surface area (Å²) in [6.07, 6.45) is 6.64. The second kappa shape index (κ2) is 10.5. The van der Waals surface area contributed by atoms with Crippen molar-refractivity contribution < 1.29 is 9.59 Å². The molecule has 0 radical (unpaired) electrons. The van der Waals surface area contributed by atoms with Gasteiger partial charge in [0.25, 0.3) is 5.91 Å². The Morgan fingerprint density at radius 3 is 2.74 bits per heavy atom. The van der Waals surface area contributed by atoms with E-state index in [0.717, 1.165) is 25.2 Å². The third-order valence-electron chi connectivity index (χ3n) is 5.35. The summed E-state index contributed by atoms with van der Waals surface area (Å²) in [6.45, 7) is 6.15. The topological polar surface area (TPSA) is 94.3 Å². The third-order valence-corrected chi connectivity index (χ3v) is 5.35. The van der Waals surface area contributed by atoms with Crippen LogP contribution in [-0.4, -0.2) is 70.7 Å². The maximum Gasteiger partial charge on any atom is 0.251 e. The fraction of sp³-hybridized carbons (Fsp3) is 0.391. The Labute approximate surface area is 182 Å². The Bertz CT molecular complexity index is 926. The lowest BCUT2D eigenvalue weighted by Crippen LogP contribution is -2.56. The van der Waals surface area contributed by atoms with Crippen molar-refractivity contribution in [2.75, 3.05) is 33.2 Å². The first kappa shape index (κ1) is 22.2. The van der Waals surface area contributed by atoms with Crippen LogP contribution in [0, 0.1) is 17.2 Å². The average Bonchev–Trinajstić information content (AvgIpc) is 3.27. The lowest BCUT2D eigenvalue weighted by molar-refractivity contribution is -0.138. The van der Waals surface area contributed by atoms with Gasteiger partial charge in [0.05, 0.1) is 17.7 Å². The number of rotatable bonds is 10. The Kier molecular flexibility index (Phi) is 7.57. The molecule has 2 aromatic rings. The second-order valence-electron chi connectivity index (χ2n) is 7.79. The first-order chi connectivity index (χ1) is 15.0. The number of aromatic nitrogens is 2. The monoisotopic (exact) mass is 420 g/mol. The zero-order valence-electron chi connectivity index (χ0n) is 17.8. The number of benzene rings is 1. The summed E-state index contributed by atoms with van der Waals surface area (Å²) in [4.78, 5) is 29.5. The summed E-state index contributed by atoms with van der Waals surface area (Å²) < 4.78 is 1.71. The first-order valence-corrected chi connectivity index (χ1v) is 10.4. The highest BCUT2D eigenvalue weighted by Crippen LogP contribution is 2.17. The van der Waals surface area contributed by atoms with E-state index in [1.54, 1.807) is 27.9 Å². The van der Waals surface area contributed by atoms with Gasteiger partial charge >= 0.3 is 0 Å². The molecular formula is C23H28N6O2. The first-order valence-electron chi connectivity index (χ1n) is 10.4. The van der Waals surface area contributed by atoms with E-state index in [1.807, 2.05) is 37.5 Å². The number of amides is 2. The van der Waals surface area contributed by atoms with Gasteiger partial charge in [-0.25, -0.2) is 4.68 Å². The van der Waals surface area contributed by atoms with Gasteiger partial charge in [0.2, 0.25) is 5.91 Å². The smallest absolute Gasteiger partial charge is 0.251 e. The molecule has 0 spiro atoms. The summed E-state index contributed by atoms with van der Waals surface area (Å²) >= 11 is 0. The maximum absolute atomic E-state index is 12.9. The fourth-order valence-corrected chi connectivity index (χ4v) is 3.52. The van der Waals surface area contributed by atoms with Crippen LogP contribution < -0.4 is 5.32 Å². The zero-order chi connectivity index (χ0) is 22.2. The molecule has 8 nitrogen and oxygen atoms in total. The standard InChI is InChI=1S/C23H28N6O2/c1-3-12-27(2)13-4-6-21(23(31)28-16-18(15-24)17-28)26-22(30)19-7-9-20(10-8-19)29-14-5-11-25-29/h3,5,7-11,14,18,21H,1,4,6,12-13,16-17H2,2H3,(H,26,30)/t21-/m0/s1. The Morgan fingerprint density at radius 2 is 2.13 bits per heavy atom. The van der Waals surface area contributed by atoms with Crippen molar-refractivity contribution in [1.82, 2.24) is 24.9 Å². The molecule has 1 aromatic heterocycles. The molecule has 1 N–H and O–H groups in total. The van der Waals surface area contributed by atoms with Crippen molar-refractivity contribution in [3.05, 3.63) is 60.9 Å². The summed E-state index contributed by atoms with van der Waals surface area (Å²) in [7, 11) is 1.99. The molecule has 1 aliphatic rings. The highest BCUT2D eigenvalue weighted by Gasteiger charge is 2.35. The normalized spacial score (nSPS) is 14.5. The van der Waals surface area contributed by atoms with Crippen LogP contribution in [0.4, 0.5) is 0 Å². The van der Waals surface area contributed by atoms with Crippen molar-refractivity contribution >= 4 is 11.8 Å². The number of likely N-dealkylation sites (tertiary alicyclic amines) is 1. The molecule has 1 fully saturated rings. The molecule has 2 heterocycles. The fourth-order valence-electron chi connectivity index (χ4n) is 3.52. The van der Waals surface area contributed by atoms with Crippen LogP contribution in [0.2, 0.25) is 0 Å². The van der Waals surface area contributed by atoms with Crippen LogP contribution in [0.3, 0.4) is 0 Å². The number of carbonyl (C=O) groups is 2. The summed E-state index contributed by atoms with van der Waals surface area (Å²) in [5.41, 5.74) is 1.33. The molecule has 0 unspecified atom stereocenters. The van der Waals surface area contributed by atoms with Gasteiger partial charge in [-0.1, -0.05) is 6.08 Å². The number of hydrogen-bond donors (Lipinski definition) is 1. The predicted molar refractivity (Wildman–Crippen MR) is 117 cm³/mol. The molecule has 1 aliphatic heterocycles. The molecule has 3 rings (SSSR count). The number of nitriles is 1. The molecule has 31 heavy (non-hydrogen) atoms. The molecule has 2 amide bonds. The number of nitrogens with zero attached hydrogens (tertiary/aromatic N) is 5. The van der Waals surface area contributed by atoms with Crippen LogP contribution in [0.1, 0.15) is 23.2 Å². The van der Waals surface area contributed by atoms with Gasteiger partial charge in [0.15, 0.2) is 0 Å². The molecule has 0 saturated carbocycles. The van der Waals surface area contributed by atoms with Crippen LogP contribution in [0.25, 0.3) is 5.69 Å². The Hall–Kier alpha value is -3.44. The third kappa shape index (κ3) is 5.80. The molecular weight excluding hydrogens is 392 g/mol. The largest absolute Gasteiger partial charge is 0.340 e. The van der Waals surface area contributed by atoms with E-state index in [-0.39, 0.29) is 17.7 Å². The van der Waals surface area contributed by atoms with Crippen LogP contribution in [0.5, 0.6) is 0 Å². The molecule has 8 heteroatoms. The van der Waals surface area contributed by atoms with Crippen LogP contribution >= 0.6 is 0 Å². The quantitative estimate of drug-likeness (QED) is 0.592. The lowest BCUT2D eigenvalue weighted by Gasteiger charge is -2.37. The molecule has 1 saturated heterocycles. The molecule has 1 atom stereocenters.